The maximum Gasteiger partial charge on any atom is 0.144 e. The second kappa shape index (κ2) is 8.09. The standard InChI is InChI=1S/C16H21N3O2/c1-3-9-20-14-5-7-15(8-6-14)21-12-13-10-19-16(11-18-13)17-4-2/h5-8,10-11H,3-4,9,12H2,1-2H3,(H,17,19). The number of nitrogens with zero attached hydrogens (tertiary/aromatic N) is 2. The molecule has 0 fully saturated rings. The molecule has 21 heavy (non-hydrogen) atoms. The van der Waals surface area contributed by atoms with E-state index >= 15 is 0 Å². The number of rotatable bonds is 8. The molecule has 1 aromatic heterocycles. The summed E-state index contributed by atoms with van der Waals surface area (Å²) in [7, 11) is 0. The summed E-state index contributed by atoms with van der Waals surface area (Å²) < 4.78 is 11.2. The molecule has 0 saturated carbocycles. The first-order valence-electron chi connectivity index (χ1n) is 7.22. The highest BCUT2D eigenvalue weighted by Gasteiger charge is 2.00. The third-order valence-electron chi connectivity index (χ3n) is 2.75. The van der Waals surface area contributed by atoms with Crippen molar-refractivity contribution < 1.29 is 9.47 Å². The van der Waals surface area contributed by atoms with Crippen LogP contribution in [0.2, 0.25) is 0 Å². The highest BCUT2D eigenvalue weighted by atomic mass is 16.5. The van der Waals surface area contributed by atoms with Crippen LogP contribution in [0.3, 0.4) is 0 Å². The van der Waals surface area contributed by atoms with E-state index in [0.717, 1.165) is 42.6 Å². The van der Waals surface area contributed by atoms with Gasteiger partial charge in [0.25, 0.3) is 0 Å². The Bertz CT molecular complexity index is 526. The average molecular weight is 287 g/mol. The Kier molecular flexibility index (Phi) is 5.82. The van der Waals surface area contributed by atoms with E-state index in [-0.39, 0.29) is 0 Å². The minimum Gasteiger partial charge on any atom is -0.494 e. The van der Waals surface area contributed by atoms with Gasteiger partial charge < -0.3 is 14.8 Å². The van der Waals surface area contributed by atoms with Gasteiger partial charge in [0, 0.05) is 6.54 Å². The van der Waals surface area contributed by atoms with Crippen molar-refractivity contribution in [3.8, 4) is 11.5 Å². The molecule has 0 spiro atoms. The minimum absolute atomic E-state index is 0.397. The third-order valence-corrected chi connectivity index (χ3v) is 2.75. The number of ether oxygens (including phenoxy) is 2. The van der Waals surface area contributed by atoms with Crippen LogP contribution >= 0.6 is 0 Å². The molecule has 0 aliphatic carbocycles. The second-order valence-electron chi connectivity index (χ2n) is 4.53. The Morgan fingerprint density at radius 3 is 2.24 bits per heavy atom. The lowest BCUT2D eigenvalue weighted by molar-refractivity contribution is 0.297. The predicted octanol–water partition coefficient (Wildman–Crippen LogP) is 3.28. The monoisotopic (exact) mass is 287 g/mol. The molecular weight excluding hydrogens is 266 g/mol. The van der Waals surface area contributed by atoms with Crippen molar-refractivity contribution in [2.24, 2.45) is 0 Å². The molecule has 112 valence electrons. The van der Waals surface area contributed by atoms with Crippen molar-refractivity contribution in [3.63, 3.8) is 0 Å². The Balaban J connectivity index is 1.84. The SMILES string of the molecule is CCCOc1ccc(OCc2cnc(NCC)cn2)cc1. The summed E-state index contributed by atoms with van der Waals surface area (Å²) in [4.78, 5) is 8.55. The topological polar surface area (TPSA) is 56.3 Å². The summed E-state index contributed by atoms with van der Waals surface area (Å²) in [6.07, 6.45) is 4.43. The van der Waals surface area contributed by atoms with Crippen LogP contribution in [-0.4, -0.2) is 23.1 Å². The largest absolute Gasteiger partial charge is 0.494 e. The Morgan fingerprint density at radius 1 is 0.952 bits per heavy atom. The summed E-state index contributed by atoms with van der Waals surface area (Å²) in [6, 6.07) is 7.60. The zero-order valence-corrected chi connectivity index (χ0v) is 12.5. The molecule has 0 amide bonds. The van der Waals surface area contributed by atoms with E-state index < -0.39 is 0 Å². The quantitative estimate of drug-likeness (QED) is 0.807. The summed E-state index contributed by atoms with van der Waals surface area (Å²) in [6.45, 7) is 6.06. The first-order chi connectivity index (χ1) is 10.3. The number of benzene rings is 1. The van der Waals surface area contributed by atoms with Crippen LogP contribution in [0.15, 0.2) is 36.7 Å². The average Bonchev–Trinajstić information content (AvgIpc) is 2.53. The number of aromatic nitrogens is 2. The molecule has 0 saturated heterocycles. The van der Waals surface area contributed by atoms with E-state index in [1.807, 2.05) is 31.2 Å². The molecule has 0 bridgehead atoms. The lowest BCUT2D eigenvalue weighted by Gasteiger charge is -2.08. The van der Waals surface area contributed by atoms with E-state index in [4.69, 9.17) is 9.47 Å². The fourth-order valence-corrected chi connectivity index (χ4v) is 1.71. The normalized spacial score (nSPS) is 10.2. The van der Waals surface area contributed by atoms with Crippen LogP contribution in [-0.2, 0) is 6.61 Å². The van der Waals surface area contributed by atoms with E-state index in [0.29, 0.717) is 6.61 Å². The maximum atomic E-state index is 5.67. The Morgan fingerprint density at radius 2 is 1.67 bits per heavy atom. The summed E-state index contributed by atoms with van der Waals surface area (Å²) in [5.41, 5.74) is 0.794. The van der Waals surface area contributed by atoms with Crippen LogP contribution in [0.4, 0.5) is 5.82 Å². The van der Waals surface area contributed by atoms with Gasteiger partial charge in [-0.1, -0.05) is 6.92 Å². The molecule has 2 rings (SSSR count). The molecular formula is C16H21N3O2. The van der Waals surface area contributed by atoms with E-state index in [1.165, 1.54) is 0 Å². The summed E-state index contributed by atoms with van der Waals surface area (Å²) >= 11 is 0. The number of hydrogen-bond donors (Lipinski definition) is 1. The number of nitrogens with one attached hydrogen (secondary N) is 1. The summed E-state index contributed by atoms with van der Waals surface area (Å²) in [5, 5.41) is 3.10. The fourth-order valence-electron chi connectivity index (χ4n) is 1.71. The van der Waals surface area contributed by atoms with Gasteiger partial charge in [0.15, 0.2) is 0 Å². The van der Waals surface area contributed by atoms with Crippen molar-refractivity contribution in [1.29, 1.82) is 0 Å². The molecule has 0 unspecified atom stereocenters. The van der Waals surface area contributed by atoms with E-state index in [2.05, 4.69) is 22.2 Å². The smallest absolute Gasteiger partial charge is 0.144 e. The van der Waals surface area contributed by atoms with Crippen molar-refractivity contribution in [3.05, 3.63) is 42.4 Å². The molecule has 1 aromatic carbocycles. The first-order valence-corrected chi connectivity index (χ1v) is 7.22. The molecule has 1 heterocycles. The second-order valence-corrected chi connectivity index (χ2v) is 4.53. The summed E-state index contributed by atoms with van der Waals surface area (Å²) in [5.74, 6) is 2.43. The Labute approximate surface area is 125 Å². The van der Waals surface area contributed by atoms with Gasteiger partial charge in [-0.15, -0.1) is 0 Å². The van der Waals surface area contributed by atoms with Crippen molar-refractivity contribution >= 4 is 5.82 Å². The lowest BCUT2D eigenvalue weighted by atomic mass is 10.3. The number of hydrogen-bond acceptors (Lipinski definition) is 5. The molecule has 1 N–H and O–H groups in total. The van der Waals surface area contributed by atoms with Crippen LogP contribution in [0.1, 0.15) is 26.0 Å². The number of anilines is 1. The fraction of sp³-hybridized carbons (Fsp3) is 0.375. The first kappa shape index (κ1) is 15.1. The molecule has 0 radical (unpaired) electrons. The van der Waals surface area contributed by atoms with Gasteiger partial charge in [0.2, 0.25) is 0 Å². The van der Waals surface area contributed by atoms with Crippen molar-refractivity contribution in [1.82, 2.24) is 9.97 Å². The predicted molar refractivity (Wildman–Crippen MR) is 82.8 cm³/mol. The molecule has 0 aliphatic heterocycles. The van der Waals surface area contributed by atoms with Crippen molar-refractivity contribution in [2.45, 2.75) is 26.9 Å². The van der Waals surface area contributed by atoms with E-state index in [1.54, 1.807) is 12.4 Å². The third kappa shape index (κ3) is 4.95. The van der Waals surface area contributed by atoms with Crippen LogP contribution in [0.5, 0.6) is 11.5 Å². The Hall–Kier alpha value is -2.30. The van der Waals surface area contributed by atoms with Gasteiger partial charge in [-0.25, -0.2) is 4.98 Å². The highest BCUT2D eigenvalue weighted by molar-refractivity contribution is 5.32. The van der Waals surface area contributed by atoms with Gasteiger partial charge in [-0.05, 0) is 37.6 Å². The molecule has 2 aromatic rings. The van der Waals surface area contributed by atoms with Crippen LogP contribution < -0.4 is 14.8 Å². The van der Waals surface area contributed by atoms with Crippen LogP contribution in [0.25, 0.3) is 0 Å². The zero-order valence-electron chi connectivity index (χ0n) is 12.5. The molecule has 0 atom stereocenters. The lowest BCUT2D eigenvalue weighted by Crippen LogP contribution is -2.03. The van der Waals surface area contributed by atoms with E-state index in [9.17, 15) is 0 Å². The zero-order chi connectivity index (χ0) is 14.9. The highest BCUT2D eigenvalue weighted by Crippen LogP contribution is 2.18. The molecule has 5 heteroatoms. The van der Waals surface area contributed by atoms with Gasteiger partial charge in [-0.2, -0.15) is 0 Å². The molecule has 5 nitrogen and oxygen atoms in total. The maximum absolute atomic E-state index is 5.67. The van der Waals surface area contributed by atoms with Gasteiger partial charge >= 0.3 is 0 Å². The van der Waals surface area contributed by atoms with Gasteiger partial charge in [0.05, 0.1) is 24.7 Å². The van der Waals surface area contributed by atoms with Crippen molar-refractivity contribution in [2.75, 3.05) is 18.5 Å². The van der Waals surface area contributed by atoms with Crippen LogP contribution in [0, 0.1) is 0 Å². The van der Waals surface area contributed by atoms with Gasteiger partial charge in [-0.3, -0.25) is 4.98 Å². The minimum atomic E-state index is 0.397. The van der Waals surface area contributed by atoms with Gasteiger partial charge in [0.1, 0.15) is 23.9 Å². The molecule has 0 aliphatic rings.